The molecule has 24 heavy (non-hydrogen) atoms. The van der Waals surface area contributed by atoms with Crippen LogP contribution in [-0.2, 0) is 11.2 Å². The Balaban J connectivity index is 1.52. The molecule has 1 aliphatic rings. The third-order valence-electron chi connectivity index (χ3n) is 4.48. The number of halogens is 1. The second-order valence-electron chi connectivity index (χ2n) is 6.43. The van der Waals surface area contributed by atoms with Crippen molar-refractivity contribution in [3.63, 3.8) is 0 Å². The molecule has 1 saturated carbocycles. The first kappa shape index (κ1) is 16.5. The summed E-state index contributed by atoms with van der Waals surface area (Å²) >= 11 is 0. The van der Waals surface area contributed by atoms with Gasteiger partial charge in [-0.25, -0.2) is 4.39 Å². The fraction of sp³-hybridized carbons (Fsp3) is 0.350. The van der Waals surface area contributed by atoms with Crippen LogP contribution < -0.4 is 5.32 Å². The average Bonchev–Trinajstić information content (AvgIpc) is 3.34. The molecule has 1 aliphatic carbocycles. The van der Waals surface area contributed by atoms with E-state index in [0.717, 1.165) is 11.1 Å². The quantitative estimate of drug-likeness (QED) is 0.801. The molecule has 1 aromatic heterocycles. The van der Waals surface area contributed by atoms with Crippen LogP contribution in [0.4, 0.5) is 4.39 Å². The van der Waals surface area contributed by atoms with Crippen LogP contribution in [0.2, 0.25) is 0 Å². The lowest BCUT2D eigenvalue weighted by atomic mass is 10.1. The van der Waals surface area contributed by atoms with Gasteiger partial charge in [0.1, 0.15) is 5.82 Å². The summed E-state index contributed by atoms with van der Waals surface area (Å²) in [6, 6.07) is 9.14. The summed E-state index contributed by atoms with van der Waals surface area (Å²) in [5.41, 5.74) is 4.60. The molecule has 0 bridgehead atoms. The second kappa shape index (κ2) is 7.04. The molecule has 1 heterocycles. The number of amides is 1. The average molecular weight is 326 g/mol. The zero-order valence-electron chi connectivity index (χ0n) is 14.2. The second-order valence-corrected chi connectivity index (χ2v) is 6.43. The summed E-state index contributed by atoms with van der Waals surface area (Å²) in [6.45, 7) is 4.76. The number of rotatable bonds is 6. The first-order valence-corrected chi connectivity index (χ1v) is 8.43. The van der Waals surface area contributed by atoms with Crippen molar-refractivity contribution in [1.82, 2.24) is 9.88 Å². The third-order valence-corrected chi connectivity index (χ3v) is 4.48. The minimum absolute atomic E-state index is 0.103. The number of hydrogen-bond donors (Lipinski definition) is 1. The Morgan fingerprint density at radius 3 is 2.67 bits per heavy atom. The zero-order valence-corrected chi connectivity index (χ0v) is 14.2. The SMILES string of the molecule is Cc1cc(/C=C/C(=O)NCCc2ccc(F)cc2)c(C)n1C1CC1. The third kappa shape index (κ3) is 3.94. The molecule has 0 spiro atoms. The summed E-state index contributed by atoms with van der Waals surface area (Å²) in [6.07, 6.45) is 6.67. The highest BCUT2D eigenvalue weighted by molar-refractivity contribution is 5.91. The molecule has 3 nitrogen and oxygen atoms in total. The van der Waals surface area contributed by atoms with Crippen molar-refractivity contribution in [2.24, 2.45) is 0 Å². The fourth-order valence-corrected chi connectivity index (χ4v) is 3.07. The van der Waals surface area contributed by atoms with Crippen molar-refractivity contribution >= 4 is 12.0 Å². The number of nitrogens with one attached hydrogen (secondary N) is 1. The normalized spacial score (nSPS) is 14.3. The molecule has 0 aliphatic heterocycles. The summed E-state index contributed by atoms with van der Waals surface area (Å²) < 4.78 is 15.2. The lowest BCUT2D eigenvalue weighted by molar-refractivity contribution is -0.116. The van der Waals surface area contributed by atoms with E-state index >= 15 is 0 Å². The first-order valence-electron chi connectivity index (χ1n) is 8.43. The van der Waals surface area contributed by atoms with Crippen molar-refractivity contribution < 1.29 is 9.18 Å². The molecule has 0 unspecified atom stereocenters. The van der Waals surface area contributed by atoms with Crippen molar-refractivity contribution in [3.8, 4) is 0 Å². The van der Waals surface area contributed by atoms with Gasteiger partial charge in [0.05, 0.1) is 0 Å². The number of benzene rings is 1. The topological polar surface area (TPSA) is 34.0 Å². The number of nitrogens with zero attached hydrogens (tertiary/aromatic N) is 1. The molecule has 1 N–H and O–H groups in total. The van der Waals surface area contributed by atoms with Crippen LogP contribution in [0.1, 0.15) is 41.4 Å². The van der Waals surface area contributed by atoms with Crippen LogP contribution in [0.15, 0.2) is 36.4 Å². The van der Waals surface area contributed by atoms with Gasteiger partial charge in [0.15, 0.2) is 0 Å². The Bertz CT molecular complexity index is 755. The monoisotopic (exact) mass is 326 g/mol. The predicted molar refractivity (Wildman–Crippen MR) is 94.3 cm³/mol. The van der Waals surface area contributed by atoms with Gasteiger partial charge in [-0.3, -0.25) is 4.79 Å². The maximum absolute atomic E-state index is 12.8. The highest BCUT2D eigenvalue weighted by Gasteiger charge is 2.26. The Morgan fingerprint density at radius 2 is 2.00 bits per heavy atom. The smallest absolute Gasteiger partial charge is 0.244 e. The Kier molecular flexibility index (Phi) is 4.84. The van der Waals surface area contributed by atoms with E-state index in [1.165, 1.54) is 36.4 Å². The van der Waals surface area contributed by atoms with Gasteiger partial charge < -0.3 is 9.88 Å². The molecule has 126 valence electrons. The molecule has 0 atom stereocenters. The lowest BCUT2D eigenvalue weighted by Crippen LogP contribution is -2.23. The molecule has 4 heteroatoms. The van der Waals surface area contributed by atoms with Crippen molar-refractivity contribution in [1.29, 1.82) is 0 Å². The van der Waals surface area contributed by atoms with Gasteiger partial charge in [0.25, 0.3) is 0 Å². The summed E-state index contributed by atoms with van der Waals surface area (Å²) in [7, 11) is 0. The van der Waals surface area contributed by atoms with E-state index in [2.05, 4.69) is 29.8 Å². The molecule has 0 radical (unpaired) electrons. The molecular formula is C20H23FN2O. The number of carbonyl (C=O) groups is 1. The number of carbonyl (C=O) groups excluding carboxylic acids is 1. The van der Waals surface area contributed by atoms with Gasteiger partial charge in [-0.2, -0.15) is 0 Å². The standard InChI is InChI=1S/C20H23FN2O/c1-14-13-17(15(2)23(14)19-8-9-19)5-10-20(24)22-12-11-16-3-6-18(21)7-4-16/h3-7,10,13,19H,8-9,11-12H2,1-2H3,(H,22,24)/b10-5+. The van der Waals surface area contributed by atoms with E-state index in [4.69, 9.17) is 0 Å². The first-order chi connectivity index (χ1) is 11.5. The number of hydrogen-bond acceptors (Lipinski definition) is 1. The molecule has 3 rings (SSSR count). The van der Waals surface area contributed by atoms with Crippen LogP contribution >= 0.6 is 0 Å². The molecule has 1 aromatic carbocycles. The van der Waals surface area contributed by atoms with Crippen LogP contribution in [0.5, 0.6) is 0 Å². The summed E-state index contributed by atoms with van der Waals surface area (Å²) in [5.74, 6) is -0.345. The van der Waals surface area contributed by atoms with Gasteiger partial charge in [-0.05, 0) is 68.5 Å². The molecule has 2 aromatic rings. The van der Waals surface area contributed by atoms with Gasteiger partial charge in [0, 0.05) is 30.1 Å². The van der Waals surface area contributed by atoms with Crippen LogP contribution in [0.3, 0.4) is 0 Å². The minimum Gasteiger partial charge on any atom is -0.352 e. The molecule has 1 fully saturated rings. The van der Waals surface area contributed by atoms with E-state index in [-0.39, 0.29) is 11.7 Å². The van der Waals surface area contributed by atoms with E-state index in [0.29, 0.717) is 19.0 Å². The minimum atomic E-state index is -0.241. The maximum Gasteiger partial charge on any atom is 0.244 e. The van der Waals surface area contributed by atoms with Crippen molar-refractivity contribution in [2.75, 3.05) is 6.54 Å². The van der Waals surface area contributed by atoms with E-state index in [9.17, 15) is 9.18 Å². The summed E-state index contributed by atoms with van der Waals surface area (Å²) in [4.78, 5) is 11.9. The van der Waals surface area contributed by atoms with Crippen LogP contribution in [0.25, 0.3) is 6.08 Å². The van der Waals surface area contributed by atoms with Gasteiger partial charge in [0.2, 0.25) is 5.91 Å². The highest BCUT2D eigenvalue weighted by atomic mass is 19.1. The predicted octanol–water partition coefficient (Wildman–Crippen LogP) is 3.95. The molecule has 0 saturated heterocycles. The highest BCUT2D eigenvalue weighted by Crippen LogP contribution is 2.38. The van der Waals surface area contributed by atoms with Crippen molar-refractivity contribution in [2.45, 2.75) is 39.2 Å². The van der Waals surface area contributed by atoms with Crippen LogP contribution in [-0.4, -0.2) is 17.0 Å². The Labute approximate surface area is 142 Å². The lowest BCUT2D eigenvalue weighted by Gasteiger charge is -2.06. The van der Waals surface area contributed by atoms with Crippen molar-refractivity contribution in [3.05, 3.63) is 64.7 Å². The largest absolute Gasteiger partial charge is 0.352 e. The van der Waals surface area contributed by atoms with Gasteiger partial charge >= 0.3 is 0 Å². The van der Waals surface area contributed by atoms with E-state index < -0.39 is 0 Å². The van der Waals surface area contributed by atoms with Crippen LogP contribution in [0, 0.1) is 19.7 Å². The van der Waals surface area contributed by atoms with Gasteiger partial charge in [-0.15, -0.1) is 0 Å². The molecular weight excluding hydrogens is 303 g/mol. The van der Waals surface area contributed by atoms with Gasteiger partial charge in [-0.1, -0.05) is 12.1 Å². The van der Waals surface area contributed by atoms with E-state index in [1.54, 1.807) is 18.2 Å². The number of aryl methyl sites for hydroxylation is 1. The zero-order chi connectivity index (χ0) is 17.1. The summed E-state index contributed by atoms with van der Waals surface area (Å²) in [5, 5.41) is 2.87. The molecule has 1 amide bonds. The maximum atomic E-state index is 12.8. The number of aromatic nitrogens is 1. The fourth-order valence-electron chi connectivity index (χ4n) is 3.07. The Morgan fingerprint density at radius 1 is 1.29 bits per heavy atom. The Hall–Kier alpha value is -2.36. The van der Waals surface area contributed by atoms with E-state index in [1.807, 2.05) is 6.08 Å².